The molecule has 0 saturated heterocycles. The molecule has 0 aliphatic rings. The first-order valence-corrected chi connectivity index (χ1v) is 3.27. The molecule has 0 aromatic rings. The molecule has 0 unspecified atom stereocenters. The molecule has 0 aromatic heterocycles. The Kier molecular flexibility index (Phi) is 5.00. The number of hydrogen-bond acceptors (Lipinski definition) is 4. The molecule has 0 aromatic carbocycles. The first-order chi connectivity index (χ1) is 5.72. The molecule has 0 saturated carbocycles. The highest BCUT2D eigenvalue weighted by Crippen LogP contribution is 1.92. The lowest BCUT2D eigenvalue weighted by Gasteiger charge is -1.94. The van der Waals surface area contributed by atoms with Crippen molar-refractivity contribution in [3.8, 4) is 0 Å². The van der Waals surface area contributed by atoms with Gasteiger partial charge in [0.05, 0.1) is 0 Å². The molecule has 4 N–H and O–H groups in total. The molecule has 0 spiro atoms. The summed E-state index contributed by atoms with van der Waals surface area (Å²) < 4.78 is 0. The van der Waals surface area contributed by atoms with E-state index in [0.717, 1.165) is 0 Å². The van der Waals surface area contributed by atoms with E-state index in [4.69, 9.17) is 11.5 Å². The smallest absolute Gasteiger partial charge is 0.166 e. The third-order valence-corrected chi connectivity index (χ3v) is 0.900. The Morgan fingerprint density at radius 3 is 1.50 bits per heavy atom. The largest absolute Gasteiger partial charge is 0.381 e. The standard InChI is InChI=1S/C8H12N4/c1-3-5-11-7(9)8(10)12-6-4-2/h3-6H,1-2,9-10H2/b8-7+,11-5-,12-6-. The van der Waals surface area contributed by atoms with E-state index in [1.807, 2.05) is 0 Å². The Hall–Kier alpha value is -1.84. The fourth-order valence-corrected chi connectivity index (χ4v) is 0.398. The number of allylic oxidation sites excluding steroid dienone is 2. The van der Waals surface area contributed by atoms with Gasteiger partial charge in [-0.15, -0.1) is 0 Å². The average molecular weight is 164 g/mol. The molecule has 12 heavy (non-hydrogen) atoms. The normalized spacial score (nSPS) is 13.3. The lowest BCUT2D eigenvalue weighted by atomic mass is 10.6. The van der Waals surface area contributed by atoms with Gasteiger partial charge in [0.1, 0.15) is 0 Å². The summed E-state index contributed by atoms with van der Waals surface area (Å²) in [4.78, 5) is 7.47. The third-order valence-electron chi connectivity index (χ3n) is 0.900. The van der Waals surface area contributed by atoms with E-state index in [0.29, 0.717) is 0 Å². The van der Waals surface area contributed by atoms with Crippen LogP contribution in [0, 0.1) is 0 Å². The van der Waals surface area contributed by atoms with Gasteiger partial charge >= 0.3 is 0 Å². The summed E-state index contributed by atoms with van der Waals surface area (Å²) in [7, 11) is 0. The third kappa shape index (κ3) is 4.05. The predicted molar refractivity (Wildman–Crippen MR) is 52.8 cm³/mol. The molecule has 4 nitrogen and oxygen atoms in total. The molecule has 0 bridgehead atoms. The Labute approximate surface area is 71.7 Å². The second-order valence-corrected chi connectivity index (χ2v) is 1.80. The van der Waals surface area contributed by atoms with Crippen LogP contribution in [0.25, 0.3) is 0 Å². The van der Waals surface area contributed by atoms with Crippen molar-refractivity contribution in [2.75, 3.05) is 0 Å². The van der Waals surface area contributed by atoms with Crippen molar-refractivity contribution in [3.05, 3.63) is 37.0 Å². The first kappa shape index (κ1) is 10.2. The maximum absolute atomic E-state index is 5.40. The average Bonchev–Trinajstić information content (AvgIpc) is 2.10. The van der Waals surface area contributed by atoms with Crippen molar-refractivity contribution in [3.63, 3.8) is 0 Å². The molecular formula is C8H12N4. The van der Waals surface area contributed by atoms with Crippen LogP contribution in [0.2, 0.25) is 0 Å². The van der Waals surface area contributed by atoms with Crippen LogP contribution in [-0.4, -0.2) is 12.4 Å². The summed E-state index contributed by atoms with van der Waals surface area (Å²) in [5.41, 5.74) is 10.8. The Balaban J connectivity index is 4.44. The van der Waals surface area contributed by atoms with Gasteiger partial charge in [0, 0.05) is 12.4 Å². The molecule has 0 amide bonds. The maximum atomic E-state index is 5.40. The fourth-order valence-electron chi connectivity index (χ4n) is 0.398. The zero-order valence-corrected chi connectivity index (χ0v) is 6.77. The van der Waals surface area contributed by atoms with Gasteiger partial charge in [0.15, 0.2) is 11.6 Å². The molecular weight excluding hydrogens is 152 g/mol. The van der Waals surface area contributed by atoms with E-state index < -0.39 is 0 Å². The summed E-state index contributed by atoms with van der Waals surface area (Å²) >= 11 is 0. The summed E-state index contributed by atoms with van der Waals surface area (Å²) in [5.74, 6) is 0.320. The van der Waals surface area contributed by atoms with Crippen LogP contribution in [0.3, 0.4) is 0 Å². The molecule has 0 aliphatic carbocycles. The fraction of sp³-hybridized carbons (Fsp3) is 0. The maximum Gasteiger partial charge on any atom is 0.166 e. The Morgan fingerprint density at radius 1 is 0.917 bits per heavy atom. The van der Waals surface area contributed by atoms with Gasteiger partial charge in [-0.05, 0) is 0 Å². The van der Waals surface area contributed by atoms with Gasteiger partial charge in [-0.2, -0.15) is 0 Å². The van der Waals surface area contributed by atoms with E-state index in [1.165, 1.54) is 24.6 Å². The van der Waals surface area contributed by atoms with Gasteiger partial charge in [-0.25, -0.2) is 9.98 Å². The predicted octanol–water partition coefficient (Wildman–Crippen LogP) is 0.544. The zero-order chi connectivity index (χ0) is 9.40. The highest BCUT2D eigenvalue weighted by atomic mass is 15.0. The second kappa shape index (κ2) is 5.91. The van der Waals surface area contributed by atoms with E-state index >= 15 is 0 Å². The van der Waals surface area contributed by atoms with Gasteiger partial charge in [0.25, 0.3) is 0 Å². The minimum absolute atomic E-state index is 0.160. The monoisotopic (exact) mass is 164 g/mol. The van der Waals surface area contributed by atoms with Crippen LogP contribution in [0.4, 0.5) is 0 Å². The van der Waals surface area contributed by atoms with E-state index in [-0.39, 0.29) is 11.6 Å². The molecule has 64 valence electrons. The van der Waals surface area contributed by atoms with Crippen molar-refractivity contribution in [2.45, 2.75) is 0 Å². The molecule has 0 atom stereocenters. The summed E-state index contributed by atoms with van der Waals surface area (Å²) in [5, 5.41) is 0. The summed E-state index contributed by atoms with van der Waals surface area (Å²) in [6, 6.07) is 0. The number of nitrogens with zero attached hydrogens (tertiary/aromatic N) is 2. The number of rotatable bonds is 4. The van der Waals surface area contributed by atoms with Crippen molar-refractivity contribution in [2.24, 2.45) is 21.5 Å². The SMILES string of the molecule is C=C\C=N/C(N)=C(N)/N=C\C=C. The lowest BCUT2D eigenvalue weighted by Crippen LogP contribution is -2.06. The van der Waals surface area contributed by atoms with Crippen LogP contribution < -0.4 is 11.5 Å². The highest BCUT2D eigenvalue weighted by molar-refractivity contribution is 5.72. The number of aliphatic imine (C=N–C) groups is 2. The molecule has 4 heteroatoms. The van der Waals surface area contributed by atoms with E-state index in [1.54, 1.807) is 0 Å². The molecule has 0 radical (unpaired) electrons. The zero-order valence-electron chi connectivity index (χ0n) is 6.77. The first-order valence-electron chi connectivity index (χ1n) is 3.27. The van der Waals surface area contributed by atoms with E-state index in [9.17, 15) is 0 Å². The topological polar surface area (TPSA) is 76.8 Å². The van der Waals surface area contributed by atoms with Crippen molar-refractivity contribution in [1.82, 2.24) is 0 Å². The van der Waals surface area contributed by atoms with Crippen molar-refractivity contribution in [1.29, 1.82) is 0 Å². The highest BCUT2D eigenvalue weighted by Gasteiger charge is 1.90. The van der Waals surface area contributed by atoms with Crippen LogP contribution in [0.1, 0.15) is 0 Å². The molecule has 0 aliphatic heterocycles. The Morgan fingerprint density at radius 2 is 1.25 bits per heavy atom. The second-order valence-electron chi connectivity index (χ2n) is 1.80. The van der Waals surface area contributed by atoms with Crippen molar-refractivity contribution < 1.29 is 0 Å². The molecule has 0 rings (SSSR count). The minimum Gasteiger partial charge on any atom is -0.381 e. The summed E-state index contributed by atoms with van der Waals surface area (Å²) in [6.45, 7) is 6.86. The van der Waals surface area contributed by atoms with Crippen LogP contribution in [0.15, 0.2) is 46.9 Å². The van der Waals surface area contributed by atoms with Crippen LogP contribution in [-0.2, 0) is 0 Å². The quantitative estimate of drug-likeness (QED) is 0.595. The van der Waals surface area contributed by atoms with E-state index in [2.05, 4.69) is 23.1 Å². The minimum atomic E-state index is 0.160. The van der Waals surface area contributed by atoms with Crippen LogP contribution in [0.5, 0.6) is 0 Å². The van der Waals surface area contributed by atoms with Gasteiger partial charge in [-0.1, -0.05) is 25.3 Å². The molecule has 0 heterocycles. The van der Waals surface area contributed by atoms with Crippen molar-refractivity contribution >= 4 is 12.4 Å². The summed E-state index contributed by atoms with van der Waals surface area (Å²) in [6.07, 6.45) is 5.87. The lowest BCUT2D eigenvalue weighted by molar-refractivity contribution is 1.10. The van der Waals surface area contributed by atoms with Gasteiger partial charge in [-0.3, -0.25) is 0 Å². The van der Waals surface area contributed by atoms with Gasteiger partial charge < -0.3 is 11.5 Å². The van der Waals surface area contributed by atoms with Gasteiger partial charge in [0.2, 0.25) is 0 Å². The van der Waals surface area contributed by atoms with Crippen LogP contribution >= 0.6 is 0 Å². The Bertz CT molecular complexity index is 222. The number of hydrogen-bond donors (Lipinski definition) is 2. The molecule has 0 fully saturated rings. The number of nitrogens with two attached hydrogens (primary N) is 2.